The van der Waals surface area contributed by atoms with Gasteiger partial charge in [-0.15, -0.1) is 0 Å². The predicted molar refractivity (Wildman–Crippen MR) is 197 cm³/mol. The number of primary amides is 2. The van der Waals surface area contributed by atoms with Gasteiger partial charge in [0.1, 0.15) is 22.7 Å². The molecule has 6 aromatic rings. The second-order valence-electron chi connectivity index (χ2n) is 12.5. The van der Waals surface area contributed by atoms with Crippen LogP contribution in [-0.4, -0.2) is 77.9 Å². The molecule has 0 spiro atoms. The van der Waals surface area contributed by atoms with Crippen molar-refractivity contribution in [2.75, 3.05) is 35.0 Å². The Morgan fingerprint density at radius 2 is 1.15 bits per heavy atom. The summed E-state index contributed by atoms with van der Waals surface area (Å²) in [4.78, 5) is 61.4. The standard InChI is InChI=1S/C39H36N6O9/c1-50-32-24(34(40)46)9-11-28-30(32)42-36-22-7-5-20(17-27(22)39(49)53-4)13-16-54-19-21-6-8-23(38(48)52-3)26(18-21)37-43-31-29(45(37)15-14-44(28)36)12-10-25(35(41)47)33(31)51-2/h5-12,17-18H,13-16,19H2,1-4H3,(H2,40,46)(H2,41,47). The minimum Gasteiger partial charge on any atom is -0.494 e. The molecule has 4 aromatic carbocycles. The van der Waals surface area contributed by atoms with Crippen LogP contribution in [0.3, 0.4) is 0 Å². The van der Waals surface area contributed by atoms with Crippen molar-refractivity contribution in [2.45, 2.75) is 26.1 Å². The smallest absolute Gasteiger partial charge is 0.338 e. The maximum atomic E-state index is 13.4. The number of methoxy groups -OCH3 is 4. The van der Waals surface area contributed by atoms with Crippen molar-refractivity contribution in [3.63, 3.8) is 0 Å². The molecule has 0 unspecified atom stereocenters. The van der Waals surface area contributed by atoms with E-state index < -0.39 is 23.8 Å². The van der Waals surface area contributed by atoms with E-state index in [1.165, 1.54) is 28.4 Å². The Morgan fingerprint density at radius 1 is 0.630 bits per heavy atom. The molecule has 0 radical (unpaired) electrons. The Hall–Kier alpha value is -6.74. The molecular weight excluding hydrogens is 696 g/mol. The van der Waals surface area contributed by atoms with Crippen LogP contribution in [-0.2, 0) is 40.3 Å². The number of aryl methyl sites for hydroxylation is 2. The summed E-state index contributed by atoms with van der Waals surface area (Å²) in [5.41, 5.74) is 16.6. The lowest BCUT2D eigenvalue weighted by molar-refractivity contribution is 0.0592. The van der Waals surface area contributed by atoms with Gasteiger partial charge in [-0.3, -0.25) is 9.59 Å². The van der Waals surface area contributed by atoms with E-state index in [0.29, 0.717) is 57.9 Å². The molecule has 0 atom stereocenters. The number of hydrogen-bond donors (Lipinski definition) is 2. The van der Waals surface area contributed by atoms with Gasteiger partial charge in [0.25, 0.3) is 11.8 Å². The van der Waals surface area contributed by atoms with Crippen LogP contribution >= 0.6 is 0 Å². The van der Waals surface area contributed by atoms with Crippen LogP contribution < -0.4 is 20.9 Å². The molecule has 0 aliphatic carbocycles. The highest BCUT2D eigenvalue weighted by molar-refractivity contribution is 6.04. The third-order valence-electron chi connectivity index (χ3n) is 9.50. The summed E-state index contributed by atoms with van der Waals surface area (Å²) < 4.78 is 31.7. The average Bonchev–Trinajstić information content (AvgIpc) is 3.74. The highest BCUT2D eigenvalue weighted by Crippen LogP contribution is 2.38. The number of hydrogen-bond acceptors (Lipinski definition) is 11. The lowest BCUT2D eigenvalue weighted by atomic mass is 10.0. The van der Waals surface area contributed by atoms with Crippen LogP contribution in [0.2, 0.25) is 0 Å². The molecule has 4 N–H and O–H groups in total. The molecule has 276 valence electrons. The summed E-state index contributed by atoms with van der Waals surface area (Å²) in [5.74, 6) is -1.45. The molecule has 8 rings (SSSR count). The third kappa shape index (κ3) is 6.03. The number of carbonyl (C=O) groups excluding carboxylic acids is 4. The summed E-state index contributed by atoms with van der Waals surface area (Å²) in [6.45, 7) is 0.936. The number of rotatable bonds is 6. The fourth-order valence-corrected chi connectivity index (χ4v) is 6.95. The van der Waals surface area contributed by atoms with Crippen LogP contribution in [0.15, 0.2) is 60.7 Å². The van der Waals surface area contributed by atoms with Gasteiger partial charge in [0, 0.05) is 24.2 Å². The van der Waals surface area contributed by atoms with E-state index in [2.05, 4.69) is 0 Å². The Morgan fingerprint density at radius 3 is 1.69 bits per heavy atom. The van der Waals surface area contributed by atoms with Crippen molar-refractivity contribution in [2.24, 2.45) is 11.5 Å². The first kappa shape index (κ1) is 35.7. The molecule has 0 saturated carbocycles. The van der Waals surface area contributed by atoms with Gasteiger partial charge in [-0.2, -0.15) is 0 Å². The predicted octanol–water partition coefficient (Wildman–Crippen LogP) is 4.28. The third-order valence-corrected chi connectivity index (χ3v) is 9.50. The quantitative estimate of drug-likeness (QED) is 0.232. The van der Waals surface area contributed by atoms with Crippen LogP contribution in [0.4, 0.5) is 0 Å². The van der Waals surface area contributed by atoms with Crippen molar-refractivity contribution in [1.29, 1.82) is 0 Å². The summed E-state index contributed by atoms with van der Waals surface area (Å²) >= 11 is 0. The van der Waals surface area contributed by atoms with E-state index in [-0.39, 0.29) is 53.4 Å². The number of amides is 2. The zero-order valence-corrected chi connectivity index (χ0v) is 29.9. The number of carbonyl (C=O) groups is 4. The van der Waals surface area contributed by atoms with Gasteiger partial charge in [-0.25, -0.2) is 19.6 Å². The number of imidazole rings is 2. The van der Waals surface area contributed by atoms with E-state index in [9.17, 15) is 19.2 Å². The van der Waals surface area contributed by atoms with E-state index in [1.54, 1.807) is 48.5 Å². The zero-order valence-electron chi connectivity index (χ0n) is 29.9. The molecular formula is C39H36N6O9. The zero-order chi connectivity index (χ0) is 38.3. The first-order chi connectivity index (χ1) is 26.1. The number of aromatic nitrogens is 4. The second kappa shape index (κ2) is 14.4. The monoisotopic (exact) mass is 732 g/mol. The molecule has 2 aromatic heterocycles. The Kier molecular flexibility index (Phi) is 9.48. The Bertz CT molecular complexity index is 2520. The molecule has 0 fully saturated rings. The molecule has 2 aliphatic rings. The number of nitrogens with two attached hydrogens (primary N) is 2. The molecule has 54 heavy (non-hydrogen) atoms. The van der Waals surface area contributed by atoms with Crippen LogP contribution in [0.5, 0.6) is 11.5 Å². The van der Waals surface area contributed by atoms with Crippen molar-refractivity contribution < 1.29 is 42.9 Å². The van der Waals surface area contributed by atoms with Gasteiger partial charge in [0.05, 0.1) is 74.9 Å². The van der Waals surface area contributed by atoms with Crippen molar-refractivity contribution in [3.05, 3.63) is 94.0 Å². The number of ether oxygens (including phenoxy) is 5. The minimum absolute atomic E-state index is 0.130. The summed E-state index contributed by atoms with van der Waals surface area (Å²) in [7, 11) is 5.45. The number of esters is 2. The van der Waals surface area contributed by atoms with Gasteiger partial charge in [-0.05, 0) is 60.0 Å². The summed E-state index contributed by atoms with van der Waals surface area (Å²) in [6.07, 6.45) is 0.474. The fraction of sp³-hybridized carbons (Fsp3) is 0.231. The van der Waals surface area contributed by atoms with Gasteiger partial charge < -0.3 is 44.3 Å². The topological polar surface area (TPSA) is 202 Å². The Labute approximate surface area is 308 Å². The van der Waals surface area contributed by atoms with Crippen molar-refractivity contribution in [1.82, 2.24) is 19.1 Å². The summed E-state index contributed by atoms with van der Waals surface area (Å²) in [5, 5.41) is 0. The molecule has 15 nitrogen and oxygen atoms in total. The first-order valence-electron chi connectivity index (χ1n) is 16.8. The maximum Gasteiger partial charge on any atom is 0.338 e. The molecule has 2 aliphatic heterocycles. The fourth-order valence-electron chi connectivity index (χ4n) is 6.95. The highest BCUT2D eigenvalue weighted by Gasteiger charge is 2.27. The first-order valence-corrected chi connectivity index (χ1v) is 16.8. The van der Waals surface area contributed by atoms with Gasteiger partial charge >= 0.3 is 11.9 Å². The van der Waals surface area contributed by atoms with E-state index >= 15 is 0 Å². The lowest BCUT2D eigenvalue weighted by Gasteiger charge is -2.16. The number of benzene rings is 4. The van der Waals surface area contributed by atoms with E-state index in [0.717, 1.165) is 11.1 Å². The second-order valence-corrected chi connectivity index (χ2v) is 12.5. The van der Waals surface area contributed by atoms with Crippen LogP contribution in [0, 0.1) is 0 Å². The largest absolute Gasteiger partial charge is 0.494 e. The minimum atomic E-state index is -0.702. The molecule has 15 heteroatoms. The van der Waals surface area contributed by atoms with Crippen molar-refractivity contribution in [3.8, 4) is 34.3 Å². The SMILES string of the molecule is COC(=O)c1cc2ccc1-c1nc3c(OC)c(C(N)=O)ccc3n1CCn1c(nc3c(OC)c(C(N)=O)ccc31)-c1cc(ccc1C(=O)OC)COCC2. The van der Waals surface area contributed by atoms with Gasteiger partial charge in [0.2, 0.25) is 0 Å². The lowest BCUT2D eigenvalue weighted by Crippen LogP contribution is -2.14. The molecule has 4 heterocycles. The Balaban J connectivity index is 1.55. The normalized spacial score (nSPS) is 12.8. The van der Waals surface area contributed by atoms with E-state index in [1.807, 2.05) is 21.3 Å². The van der Waals surface area contributed by atoms with Gasteiger partial charge in [0.15, 0.2) is 11.5 Å². The molecule has 4 bridgehead atoms. The van der Waals surface area contributed by atoms with Crippen LogP contribution in [0.1, 0.15) is 52.6 Å². The van der Waals surface area contributed by atoms with E-state index in [4.69, 9.17) is 45.1 Å². The average molecular weight is 733 g/mol. The maximum absolute atomic E-state index is 13.4. The number of nitrogens with zero attached hydrogens (tertiary/aromatic N) is 4. The van der Waals surface area contributed by atoms with Crippen molar-refractivity contribution >= 4 is 45.8 Å². The van der Waals surface area contributed by atoms with Gasteiger partial charge in [-0.1, -0.05) is 18.2 Å². The molecule has 0 saturated heterocycles. The summed E-state index contributed by atoms with van der Waals surface area (Å²) in [6, 6.07) is 17.3. The highest BCUT2D eigenvalue weighted by atomic mass is 16.5. The molecule has 2 amide bonds. The number of fused-ring (bicyclic) bond motifs is 8. The van der Waals surface area contributed by atoms with Crippen LogP contribution in [0.25, 0.3) is 44.8 Å².